The molecular weight excluding hydrogens is 266 g/mol. The van der Waals surface area contributed by atoms with Crippen molar-refractivity contribution in [1.29, 1.82) is 0 Å². The number of nitrogens with one attached hydrogen (secondary N) is 1. The molecule has 1 unspecified atom stereocenters. The second kappa shape index (κ2) is 7.56. The number of hydrogen-bond donors (Lipinski definition) is 1. The summed E-state index contributed by atoms with van der Waals surface area (Å²) in [7, 11) is 0. The van der Waals surface area contributed by atoms with Gasteiger partial charge in [0.1, 0.15) is 0 Å². The van der Waals surface area contributed by atoms with E-state index in [2.05, 4.69) is 15.1 Å². The summed E-state index contributed by atoms with van der Waals surface area (Å²) in [6, 6.07) is 0.428. The number of amides is 1. The molecule has 21 heavy (non-hydrogen) atoms. The number of hydrogen-bond acceptors (Lipinski definition) is 4. The Morgan fingerprint density at radius 3 is 2.52 bits per heavy atom. The minimum atomic E-state index is 0.347. The van der Waals surface area contributed by atoms with E-state index in [-0.39, 0.29) is 0 Å². The van der Waals surface area contributed by atoms with Crippen molar-refractivity contribution in [3.63, 3.8) is 0 Å². The zero-order valence-electron chi connectivity index (χ0n) is 13.1. The van der Waals surface area contributed by atoms with Crippen molar-refractivity contribution in [3.05, 3.63) is 0 Å². The lowest BCUT2D eigenvalue weighted by molar-refractivity contribution is -0.133. The van der Waals surface area contributed by atoms with Crippen LogP contribution in [0.2, 0.25) is 0 Å². The van der Waals surface area contributed by atoms with Crippen LogP contribution < -0.4 is 5.32 Å². The summed E-state index contributed by atoms with van der Waals surface area (Å²) in [5.74, 6) is 1.14. The highest BCUT2D eigenvalue weighted by molar-refractivity contribution is 5.77. The summed E-state index contributed by atoms with van der Waals surface area (Å²) < 4.78 is 5.42. The monoisotopic (exact) mass is 295 g/mol. The minimum absolute atomic E-state index is 0.347. The highest BCUT2D eigenvalue weighted by Gasteiger charge is 2.26. The van der Waals surface area contributed by atoms with E-state index in [1.165, 1.54) is 25.8 Å². The predicted molar refractivity (Wildman–Crippen MR) is 82.2 cm³/mol. The lowest BCUT2D eigenvalue weighted by Gasteiger charge is -2.37. The average Bonchev–Trinajstić information content (AvgIpc) is 3.02. The van der Waals surface area contributed by atoms with Crippen molar-refractivity contribution in [2.75, 3.05) is 52.5 Å². The maximum atomic E-state index is 12.3. The van der Waals surface area contributed by atoms with Crippen LogP contribution in [0, 0.1) is 5.92 Å². The predicted octanol–water partition coefficient (Wildman–Crippen LogP) is 0.699. The normalized spacial score (nSPS) is 29.0. The average molecular weight is 295 g/mol. The zero-order valence-corrected chi connectivity index (χ0v) is 13.1. The van der Waals surface area contributed by atoms with Gasteiger partial charge in [-0.2, -0.15) is 0 Å². The Balaban J connectivity index is 1.36. The van der Waals surface area contributed by atoms with Gasteiger partial charge in [-0.3, -0.25) is 9.69 Å². The Morgan fingerprint density at radius 1 is 1.10 bits per heavy atom. The Bertz CT molecular complexity index is 330. The summed E-state index contributed by atoms with van der Waals surface area (Å²) in [5.41, 5.74) is 0. The summed E-state index contributed by atoms with van der Waals surface area (Å²) in [4.78, 5) is 16.9. The van der Waals surface area contributed by atoms with Gasteiger partial charge in [0, 0.05) is 58.4 Å². The van der Waals surface area contributed by atoms with Crippen molar-refractivity contribution in [1.82, 2.24) is 15.1 Å². The highest BCUT2D eigenvalue weighted by Crippen LogP contribution is 2.17. The summed E-state index contributed by atoms with van der Waals surface area (Å²) in [5, 5.41) is 3.42. The molecule has 0 spiro atoms. The Kier molecular flexibility index (Phi) is 5.49. The molecule has 5 nitrogen and oxygen atoms in total. The molecule has 120 valence electrons. The van der Waals surface area contributed by atoms with Crippen molar-refractivity contribution >= 4 is 5.91 Å². The van der Waals surface area contributed by atoms with Gasteiger partial charge in [-0.05, 0) is 38.1 Å². The highest BCUT2D eigenvalue weighted by atomic mass is 16.5. The number of nitrogens with zero attached hydrogens (tertiary/aromatic N) is 2. The molecule has 0 aromatic rings. The first kappa shape index (κ1) is 15.3. The molecule has 3 fully saturated rings. The van der Waals surface area contributed by atoms with Crippen LogP contribution in [0.25, 0.3) is 0 Å². The van der Waals surface area contributed by atoms with Gasteiger partial charge in [0.25, 0.3) is 0 Å². The van der Waals surface area contributed by atoms with E-state index < -0.39 is 0 Å². The molecule has 3 aliphatic rings. The van der Waals surface area contributed by atoms with E-state index in [0.717, 1.165) is 58.3 Å². The first-order valence-electron chi connectivity index (χ1n) is 8.62. The minimum Gasteiger partial charge on any atom is -0.381 e. The van der Waals surface area contributed by atoms with Crippen LogP contribution in [0.3, 0.4) is 0 Å². The quantitative estimate of drug-likeness (QED) is 0.829. The number of piperazine rings is 1. The molecule has 0 radical (unpaired) electrons. The molecule has 1 atom stereocenters. The molecule has 3 saturated heterocycles. The first-order valence-corrected chi connectivity index (χ1v) is 8.62. The second-order valence-corrected chi connectivity index (χ2v) is 6.73. The van der Waals surface area contributed by atoms with Crippen molar-refractivity contribution in [2.45, 2.75) is 38.1 Å². The Labute approximate surface area is 128 Å². The van der Waals surface area contributed by atoms with Crippen LogP contribution in [-0.4, -0.2) is 74.2 Å². The summed E-state index contributed by atoms with van der Waals surface area (Å²) in [6.45, 7) is 8.04. The Morgan fingerprint density at radius 2 is 1.86 bits per heavy atom. The van der Waals surface area contributed by atoms with E-state index >= 15 is 0 Å². The van der Waals surface area contributed by atoms with E-state index in [0.29, 0.717) is 18.4 Å². The molecule has 1 amide bonds. The molecule has 0 aliphatic carbocycles. The van der Waals surface area contributed by atoms with E-state index in [1.807, 2.05) is 0 Å². The van der Waals surface area contributed by atoms with Gasteiger partial charge < -0.3 is 15.0 Å². The Hall–Kier alpha value is -0.650. The van der Waals surface area contributed by atoms with E-state index in [9.17, 15) is 4.79 Å². The first-order chi connectivity index (χ1) is 10.3. The number of carbonyl (C=O) groups is 1. The third kappa shape index (κ3) is 4.41. The molecule has 3 aliphatic heterocycles. The van der Waals surface area contributed by atoms with Crippen LogP contribution in [0.15, 0.2) is 0 Å². The molecule has 1 N–H and O–H groups in total. The zero-order chi connectivity index (χ0) is 14.5. The van der Waals surface area contributed by atoms with Crippen LogP contribution in [-0.2, 0) is 9.53 Å². The van der Waals surface area contributed by atoms with Crippen LogP contribution in [0.1, 0.15) is 32.1 Å². The van der Waals surface area contributed by atoms with Crippen LogP contribution in [0.5, 0.6) is 0 Å². The maximum Gasteiger partial charge on any atom is 0.224 e. The van der Waals surface area contributed by atoms with Gasteiger partial charge in [0.15, 0.2) is 0 Å². The molecule has 0 aromatic carbocycles. The summed E-state index contributed by atoms with van der Waals surface area (Å²) in [6.07, 6.45) is 5.48. The summed E-state index contributed by atoms with van der Waals surface area (Å²) >= 11 is 0. The molecule has 3 rings (SSSR count). The maximum absolute atomic E-state index is 12.3. The number of ether oxygens (including phenoxy) is 1. The van der Waals surface area contributed by atoms with Crippen LogP contribution >= 0.6 is 0 Å². The van der Waals surface area contributed by atoms with Crippen molar-refractivity contribution in [3.8, 4) is 0 Å². The van der Waals surface area contributed by atoms with Gasteiger partial charge in [0.2, 0.25) is 5.91 Å². The van der Waals surface area contributed by atoms with E-state index in [4.69, 9.17) is 4.74 Å². The van der Waals surface area contributed by atoms with E-state index in [1.54, 1.807) is 0 Å². The number of carbonyl (C=O) groups excluding carboxylic acids is 1. The largest absolute Gasteiger partial charge is 0.381 e. The van der Waals surface area contributed by atoms with Gasteiger partial charge >= 0.3 is 0 Å². The molecular formula is C16H29N3O2. The molecule has 3 heterocycles. The van der Waals surface area contributed by atoms with Gasteiger partial charge in [0.05, 0.1) is 0 Å². The number of rotatable bonds is 4. The van der Waals surface area contributed by atoms with Gasteiger partial charge in [-0.25, -0.2) is 0 Å². The fraction of sp³-hybridized carbons (Fsp3) is 0.938. The smallest absolute Gasteiger partial charge is 0.224 e. The molecule has 0 aromatic heterocycles. The molecule has 5 heteroatoms. The van der Waals surface area contributed by atoms with Gasteiger partial charge in [-0.1, -0.05) is 0 Å². The van der Waals surface area contributed by atoms with Crippen molar-refractivity contribution < 1.29 is 9.53 Å². The van der Waals surface area contributed by atoms with Gasteiger partial charge in [-0.15, -0.1) is 0 Å². The lowest BCUT2D eigenvalue weighted by atomic mass is 9.99. The fourth-order valence-electron chi connectivity index (χ4n) is 3.74. The third-order valence-electron chi connectivity index (χ3n) is 5.17. The molecule has 0 bridgehead atoms. The molecule has 0 saturated carbocycles. The third-order valence-corrected chi connectivity index (χ3v) is 5.17. The fourth-order valence-corrected chi connectivity index (χ4v) is 3.74. The van der Waals surface area contributed by atoms with Crippen molar-refractivity contribution in [2.24, 2.45) is 5.92 Å². The standard InChI is InChI=1S/C16H29N3O2/c20-16(12-15-2-1-5-17-15)19-8-6-18(7-9-19)13-14-3-10-21-11-4-14/h14-15,17H,1-13H2. The van der Waals surface area contributed by atoms with Crippen LogP contribution in [0.4, 0.5) is 0 Å². The second-order valence-electron chi connectivity index (χ2n) is 6.73. The SMILES string of the molecule is O=C(CC1CCCN1)N1CCN(CC2CCOCC2)CC1. The lowest BCUT2D eigenvalue weighted by Crippen LogP contribution is -2.50. The topological polar surface area (TPSA) is 44.8 Å².